The molecule has 19 heavy (non-hydrogen) atoms. The fraction of sp³-hybridized carbons (Fsp3) is 0.357. The van der Waals surface area contributed by atoms with Crippen LogP contribution in [-0.4, -0.2) is 17.0 Å². The van der Waals surface area contributed by atoms with Crippen molar-refractivity contribution in [3.63, 3.8) is 0 Å². The Hall–Kier alpha value is -2.17. The minimum absolute atomic E-state index is 0.287. The lowest BCUT2D eigenvalue weighted by molar-refractivity contribution is 0.174. The number of aromatic amines is 1. The van der Waals surface area contributed by atoms with Gasteiger partial charge in [0.15, 0.2) is 17.3 Å². The van der Waals surface area contributed by atoms with Crippen LogP contribution < -0.4 is 15.2 Å². The first-order valence-electron chi connectivity index (χ1n) is 6.56. The molecular weight excluding hydrogens is 242 g/mol. The summed E-state index contributed by atoms with van der Waals surface area (Å²) in [5, 5.41) is 7.27. The molecule has 1 aromatic carbocycles. The molecule has 0 bridgehead atoms. The minimum Gasteiger partial charge on any atom is -0.454 e. The van der Waals surface area contributed by atoms with Crippen LogP contribution in [0, 0.1) is 0 Å². The van der Waals surface area contributed by atoms with E-state index in [0.717, 1.165) is 28.3 Å². The molecule has 1 aliphatic heterocycles. The largest absolute Gasteiger partial charge is 0.454 e. The molecular formula is C14H15N3O2. The molecule has 2 aliphatic rings. The molecule has 1 saturated carbocycles. The van der Waals surface area contributed by atoms with Crippen LogP contribution in [-0.2, 0) is 0 Å². The van der Waals surface area contributed by atoms with Gasteiger partial charge >= 0.3 is 0 Å². The molecule has 5 heteroatoms. The normalized spacial score (nSPS) is 17.5. The van der Waals surface area contributed by atoms with Gasteiger partial charge in [-0.1, -0.05) is 12.5 Å². The first kappa shape index (κ1) is 10.7. The van der Waals surface area contributed by atoms with E-state index >= 15 is 0 Å². The topological polar surface area (TPSA) is 73.2 Å². The second-order valence-electron chi connectivity index (χ2n) is 5.09. The smallest absolute Gasteiger partial charge is 0.231 e. The number of fused-ring (bicyclic) bond motifs is 1. The van der Waals surface area contributed by atoms with Crippen LogP contribution in [0.4, 0.5) is 5.82 Å². The highest BCUT2D eigenvalue weighted by Crippen LogP contribution is 2.44. The molecule has 0 atom stereocenters. The molecule has 0 unspecified atom stereocenters. The van der Waals surface area contributed by atoms with Crippen molar-refractivity contribution < 1.29 is 9.47 Å². The standard InChI is InChI=1S/C14H15N3O2/c15-14-12(13(16-17-14)8-2-1-3-8)9-4-5-10-11(6-9)19-7-18-10/h4-6,8H,1-3,7H2,(H3,15,16,17). The van der Waals surface area contributed by atoms with Crippen molar-refractivity contribution in [1.29, 1.82) is 0 Å². The third-order valence-corrected chi connectivity index (χ3v) is 4.00. The number of anilines is 1. The molecule has 0 spiro atoms. The summed E-state index contributed by atoms with van der Waals surface area (Å²) in [6.45, 7) is 0.287. The summed E-state index contributed by atoms with van der Waals surface area (Å²) in [4.78, 5) is 0. The van der Waals surface area contributed by atoms with Gasteiger partial charge in [0.25, 0.3) is 0 Å². The minimum atomic E-state index is 0.287. The summed E-state index contributed by atoms with van der Waals surface area (Å²) in [6.07, 6.45) is 3.70. The molecule has 0 saturated heterocycles. The predicted molar refractivity (Wildman–Crippen MR) is 71.2 cm³/mol. The Morgan fingerprint density at radius 2 is 2.05 bits per heavy atom. The number of rotatable bonds is 2. The van der Waals surface area contributed by atoms with E-state index in [1.807, 2.05) is 18.2 Å². The molecule has 4 rings (SSSR count). The molecule has 0 amide bonds. The van der Waals surface area contributed by atoms with Gasteiger partial charge in [-0.2, -0.15) is 5.10 Å². The van der Waals surface area contributed by atoms with Gasteiger partial charge in [0, 0.05) is 17.2 Å². The first-order chi connectivity index (χ1) is 9.33. The number of hydrogen-bond acceptors (Lipinski definition) is 4. The number of nitrogens with two attached hydrogens (primary N) is 1. The van der Waals surface area contributed by atoms with Gasteiger partial charge in [-0.25, -0.2) is 0 Å². The maximum atomic E-state index is 6.02. The fourth-order valence-electron chi connectivity index (χ4n) is 2.72. The fourth-order valence-corrected chi connectivity index (χ4v) is 2.72. The van der Waals surface area contributed by atoms with Gasteiger partial charge in [0.2, 0.25) is 6.79 Å². The van der Waals surface area contributed by atoms with Crippen LogP contribution in [0.5, 0.6) is 11.5 Å². The van der Waals surface area contributed by atoms with Gasteiger partial charge in [-0.15, -0.1) is 0 Å². The van der Waals surface area contributed by atoms with E-state index in [4.69, 9.17) is 15.2 Å². The second-order valence-corrected chi connectivity index (χ2v) is 5.09. The van der Waals surface area contributed by atoms with Crippen molar-refractivity contribution in [2.75, 3.05) is 12.5 Å². The second kappa shape index (κ2) is 3.91. The van der Waals surface area contributed by atoms with Crippen molar-refractivity contribution in [3.8, 4) is 22.6 Å². The van der Waals surface area contributed by atoms with E-state index in [0.29, 0.717) is 11.7 Å². The zero-order valence-corrected chi connectivity index (χ0v) is 10.5. The molecule has 3 N–H and O–H groups in total. The van der Waals surface area contributed by atoms with Crippen molar-refractivity contribution >= 4 is 5.82 Å². The van der Waals surface area contributed by atoms with Gasteiger partial charge in [0.1, 0.15) is 0 Å². The summed E-state index contributed by atoms with van der Waals surface area (Å²) in [7, 11) is 0. The van der Waals surface area contributed by atoms with Crippen LogP contribution in [0.15, 0.2) is 18.2 Å². The van der Waals surface area contributed by atoms with Crippen LogP contribution in [0.25, 0.3) is 11.1 Å². The lowest BCUT2D eigenvalue weighted by Gasteiger charge is -2.25. The quantitative estimate of drug-likeness (QED) is 0.867. The van der Waals surface area contributed by atoms with Crippen LogP contribution >= 0.6 is 0 Å². The number of nitrogens with one attached hydrogen (secondary N) is 1. The van der Waals surface area contributed by atoms with Crippen molar-refractivity contribution in [2.45, 2.75) is 25.2 Å². The van der Waals surface area contributed by atoms with Crippen molar-refractivity contribution in [2.24, 2.45) is 0 Å². The summed E-state index contributed by atoms with van der Waals surface area (Å²) in [6, 6.07) is 5.91. The summed E-state index contributed by atoms with van der Waals surface area (Å²) >= 11 is 0. The Bertz CT molecular complexity index is 632. The van der Waals surface area contributed by atoms with E-state index in [2.05, 4.69) is 10.2 Å². The number of aromatic nitrogens is 2. The maximum absolute atomic E-state index is 6.02. The lowest BCUT2D eigenvalue weighted by Crippen LogP contribution is -2.10. The lowest BCUT2D eigenvalue weighted by atomic mass is 9.80. The average molecular weight is 257 g/mol. The molecule has 1 fully saturated rings. The predicted octanol–water partition coefficient (Wildman–Crippen LogP) is 2.66. The van der Waals surface area contributed by atoms with Gasteiger partial charge in [-0.3, -0.25) is 5.10 Å². The van der Waals surface area contributed by atoms with E-state index in [1.165, 1.54) is 19.3 Å². The molecule has 5 nitrogen and oxygen atoms in total. The molecule has 98 valence electrons. The molecule has 2 heterocycles. The molecule has 0 radical (unpaired) electrons. The Kier molecular flexibility index (Phi) is 2.21. The van der Waals surface area contributed by atoms with Gasteiger partial charge in [-0.05, 0) is 30.5 Å². The summed E-state index contributed by atoms with van der Waals surface area (Å²) < 4.78 is 10.8. The number of hydrogen-bond donors (Lipinski definition) is 2. The highest BCUT2D eigenvalue weighted by atomic mass is 16.7. The Balaban J connectivity index is 1.81. The van der Waals surface area contributed by atoms with Crippen molar-refractivity contribution in [1.82, 2.24) is 10.2 Å². The average Bonchev–Trinajstić information content (AvgIpc) is 2.93. The number of benzene rings is 1. The maximum Gasteiger partial charge on any atom is 0.231 e. The van der Waals surface area contributed by atoms with Crippen molar-refractivity contribution in [3.05, 3.63) is 23.9 Å². The number of H-pyrrole nitrogens is 1. The molecule has 1 aromatic heterocycles. The SMILES string of the molecule is Nc1n[nH]c(C2CCC2)c1-c1ccc2c(c1)OCO2. The number of nitrogens with zero attached hydrogens (tertiary/aromatic N) is 1. The monoisotopic (exact) mass is 257 g/mol. The van der Waals surface area contributed by atoms with E-state index < -0.39 is 0 Å². The molecule has 1 aliphatic carbocycles. The van der Waals surface area contributed by atoms with E-state index in [9.17, 15) is 0 Å². The van der Waals surface area contributed by atoms with Gasteiger partial charge in [0.05, 0.1) is 0 Å². The summed E-state index contributed by atoms with van der Waals surface area (Å²) in [5.41, 5.74) is 9.23. The van der Waals surface area contributed by atoms with E-state index in [-0.39, 0.29) is 6.79 Å². The van der Waals surface area contributed by atoms with E-state index in [1.54, 1.807) is 0 Å². The zero-order chi connectivity index (χ0) is 12.8. The third kappa shape index (κ3) is 1.58. The third-order valence-electron chi connectivity index (χ3n) is 4.00. The number of ether oxygens (including phenoxy) is 2. The Labute approximate surface area is 110 Å². The molecule has 2 aromatic rings. The van der Waals surface area contributed by atoms with Gasteiger partial charge < -0.3 is 15.2 Å². The Morgan fingerprint density at radius 1 is 1.21 bits per heavy atom. The Morgan fingerprint density at radius 3 is 2.84 bits per heavy atom. The summed E-state index contributed by atoms with van der Waals surface area (Å²) in [5.74, 6) is 2.68. The first-order valence-corrected chi connectivity index (χ1v) is 6.56. The zero-order valence-electron chi connectivity index (χ0n) is 10.5. The van der Waals surface area contributed by atoms with Crippen LogP contribution in [0.2, 0.25) is 0 Å². The highest BCUT2D eigenvalue weighted by Gasteiger charge is 2.27. The highest BCUT2D eigenvalue weighted by molar-refractivity contribution is 5.78. The van der Waals surface area contributed by atoms with Crippen LogP contribution in [0.1, 0.15) is 30.9 Å². The van der Waals surface area contributed by atoms with Crippen LogP contribution in [0.3, 0.4) is 0 Å². The number of nitrogen functional groups attached to an aromatic ring is 1.